The molecule has 0 radical (unpaired) electrons. The highest BCUT2D eigenvalue weighted by Gasteiger charge is 2.37. The molecule has 2 aromatic carbocycles. The van der Waals surface area contributed by atoms with E-state index >= 15 is 0 Å². The topological polar surface area (TPSA) is 140 Å². The molecule has 49 heavy (non-hydrogen) atoms. The summed E-state index contributed by atoms with van der Waals surface area (Å²) in [5.74, 6) is -0.459. The maximum absolute atomic E-state index is 14.4. The molecule has 0 fully saturated rings. The highest BCUT2D eigenvalue weighted by atomic mass is 35.5. The second-order valence-corrected chi connectivity index (χ2v) is 12.2. The Bertz CT molecular complexity index is 2420. The van der Waals surface area contributed by atoms with Gasteiger partial charge in [-0.15, -0.1) is 11.3 Å². The van der Waals surface area contributed by atoms with Crippen LogP contribution in [-0.2, 0) is 12.7 Å². The van der Waals surface area contributed by atoms with Gasteiger partial charge < -0.3 is 14.6 Å². The molecule has 248 valence electrons. The predicted molar refractivity (Wildman–Crippen MR) is 177 cm³/mol. The lowest BCUT2D eigenvalue weighted by Gasteiger charge is -2.18. The van der Waals surface area contributed by atoms with Crippen LogP contribution >= 0.6 is 22.9 Å². The van der Waals surface area contributed by atoms with Gasteiger partial charge in [0, 0.05) is 44.5 Å². The number of aromatic carboxylic acids is 1. The highest BCUT2D eigenvalue weighted by molar-refractivity contribution is 7.18. The van der Waals surface area contributed by atoms with Crippen molar-refractivity contribution < 1.29 is 32.5 Å². The monoisotopic (exact) mass is 705 g/mol. The second kappa shape index (κ2) is 12.8. The number of rotatable bonds is 8. The number of halogens is 4. The second-order valence-electron chi connectivity index (χ2n) is 10.8. The molecule has 4 aromatic heterocycles. The van der Waals surface area contributed by atoms with Crippen LogP contribution in [0.3, 0.4) is 0 Å². The van der Waals surface area contributed by atoms with Gasteiger partial charge >= 0.3 is 12.1 Å². The number of alkyl halides is 3. The minimum atomic E-state index is -4.88. The number of thiophene rings is 1. The number of pyridine rings is 2. The third-order valence-electron chi connectivity index (χ3n) is 7.78. The van der Waals surface area contributed by atoms with Gasteiger partial charge in [0.1, 0.15) is 30.0 Å². The molecule has 6 aromatic rings. The van der Waals surface area contributed by atoms with Crippen LogP contribution in [0, 0.1) is 25.2 Å². The van der Waals surface area contributed by atoms with Crippen molar-refractivity contribution in [1.82, 2.24) is 19.5 Å². The molecule has 0 aliphatic carbocycles. The molecule has 4 heterocycles. The van der Waals surface area contributed by atoms with E-state index in [0.29, 0.717) is 37.8 Å². The van der Waals surface area contributed by atoms with Gasteiger partial charge in [-0.1, -0.05) is 11.6 Å². The van der Waals surface area contributed by atoms with Crippen molar-refractivity contribution in [3.8, 4) is 39.8 Å². The summed E-state index contributed by atoms with van der Waals surface area (Å²) in [6.45, 7) is 3.05. The molecule has 0 saturated heterocycles. The molecule has 6 rings (SSSR count). The number of methoxy groups -OCH3 is 1. The van der Waals surface area contributed by atoms with Crippen LogP contribution in [0.25, 0.3) is 43.4 Å². The van der Waals surface area contributed by atoms with E-state index in [1.54, 1.807) is 31.2 Å². The summed E-state index contributed by atoms with van der Waals surface area (Å²) in [4.78, 5) is 38.4. The third kappa shape index (κ3) is 6.14. The predicted octanol–water partition coefficient (Wildman–Crippen LogP) is 7.68. The fraction of sp³-hybridized carbons (Fsp3) is 0.176. The smallest absolute Gasteiger partial charge is 0.417 e. The van der Waals surface area contributed by atoms with Crippen molar-refractivity contribution in [3.63, 3.8) is 0 Å². The fourth-order valence-corrected chi connectivity index (χ4v) is 6.81. The van der Waals surface area contributed by atoms with Crippen molar-refractivity contribution >= 4 is 50.0 Å². The summed E-state index contributed by atoms with van der Waals surface area (Å²) in [6.07, 6.45) is -2.42. The summed E-state index contributed by atoms with van der Waals surface area (Å²) in [7, 11) is 1.33. The number of fused-ring (bicyclic) bond motifs is 2. The Morgan fingerprint density at radius 1 is 1.12 bits per heavy atom. The maximum Gasteiger partial charge on any atom is 0.417 e. The molecule has 0 aliphatic rings. The number of nitrogens with zero attached hydrogens (tertiary/aromatic N) is 5. The molecule has 10 nitrogen and oxygen atoms in total. The summed E-state index contributed by atoms with van der Waals surface area (Å²) < 4.78 is 56.2. The minimum absolute atomic E-state index is 0.0584. The molecular weight excluding hydrogens is 683 g/mol. The number of benzene rings is 2. The SMILES string of the molecule is COc1cncc(-c2c(C(F)(F)F)cc3nc(C)n(CCOc4ccc(Cl)cc4-c4cc(C)nc5c(C(=O)O)csc45)c(=O)c3c2C#N)c1. The number of hydrogen-bond acceptors (Lipinski definition) is 9. The molecule has 0 bridgehead atoms. The lowest BCUT2D eigenvalue weighted by molar-refractivity contribution is -0.137. The van der Waals surface area contributed by atoms with Gasteiger partial charge in [0.05, 0.1) is 57.7 Å². The van der Waals surface area contributed by atoms with Gasteiger partial charge in [0.2, 0.25) is 0 Å². The van der Waals surface area contributed by atoms with E-state index in [1.807, 2.05) is 6.07 Å². The highest BCUT2D eigenvalue weighted by Crippen LogP contribution is 2.43. The van der Waals surface area contributed by atoms with Crippen LogP contribution in [0.1, 0.15) is 33.0 Å². The summed E-state index contributed by atoms with van der Waals surface area (Å²) in [5.41, 5.74) is -1.04. The van der Waals surface area contributed by atoms with E-state index in [9.17, 15) is 33.1 Å². The Balaban J connectivity index is 1.42. The number of ether oxygens (including phenoxy) is 2. The van der Waals surface area contributed by atoms with Gasteiger partial charge in [-0.2, -0.15) is 18.4 Å². The number of carboxylic acids is 1. The molecule has 0 spiro atoms. The Hall–Kier alpha value is -5.52. The zero-order valence-electron chi connectivity index (χ0n) is 25.8. The number of carboxylic acid groups (broad SMARTS) is 1. The van der Waals surface area contributed by atoms with E-state index in [-0.39, 0.29) is 46.8 Å². The first-order valence-electron chi connectivity index (χ1n) is 14.4. The molecule has 15 heteroatoms. The molecule has 0 aliphatic heterocycles. The van der Waals surface area contributed by atoms with Crippen molar-refractivity contribution in [2.45, 2.75) is 26.6 Å². The zero-order chi connectivity index (χ0) is 35.2. The molecule has 0 amide bonds. The number of carbonyl (C=O) groups is 1. The average Bonchev–Trinajstić information content (AvgIpc) is 3.49. The Kier molecular flexibility index (Phi) is 8.74. The van der Waals surface area contributed by atoms with Gasteiger partial charge in [0.25, 0.3) is 5.56 Å². The third-order valence-corrected chi connectivity index (χ3v) is 9.02. The summed E-state index contributed by atoms with van der Waals surface area (Å²) >= 11 is 7.58. The van der Waals surface area contributed by atoms with Gasteiger partial charge in [0.15, 0.2) is 0 Å². The maximum atomic E-state index is 14.4. The van der Waals surface area contributed by atoms with Crippen molar-refractivity contribution in [3.05, 3.63) is 97.8 Å². The van der Waals surface area contributed by atoms with Crippen LogP contribution in [0.5, 0.6) is 11.5 Å². The fourth-order valence-electron chi connectivity index (χ4n) is 5.63. The van der Waals surface area contributed by atoms with Crippen LogP contribution in [-0.4, -0.2) is 44.3 Å². The van der Waals surface area contributed by atoms with E-state index in [1.165, 1.54) is 47.6 Å². The standard InChI is InChI=1S/C34H23ClF3N5O5S/c1-16-8-22(31-30(41-16)24(15-49-31)33(45)46)21-10-19(35)4-5-27(21)48-7-6-43-17(2)42-26-11-25(34(36,37)38)28(23(12-39)29(26)32(43)44)18-9-20(47-3)14-40-13-18/h4-5,8-11,13-15H,6-7H2,1-3H3,(H,45,46). The van der Waals surface area contributed by atoms with Gasteiger partial charge in [-0.25, -0.2) is 9.78 Å². The minimum Gasteiger partial charge on any atom is -0.495 e. The molecule has 0 saturated carbocycles. The first-order valence-corrected chi connectivity index (χ1v) is 15.7. The number of nitriles is 1. The summed E-state index contributed by atoms with van der Waals surface area (Å²) in [6, 6.07) is 10.6. The van der Waals surface area contributed by atoms with Gasteiger partial charge in [-0.3, -0.25) is 19.3 Å². The Morgan fingerprint density at radius 3 is 2.59 bits per heavy atom. The van der Waals surface area contributed by atoms with Crippen LogP contribution in [0.2, 0.25) is 5.02 Å². The van der Waals surface area contributed by atoms with Crippen molar-refractivity contribution in [2.24, 2.45) is 0 Å². The number of aryl methyl sites for hydroxylation is 2. The van der Waals surface area contributed by atoms with E-state index < -0.39 is 34.4 Å². The lowest BCUT2D eigenvalue weighted by Crippen LogP contribution is -2.27. The normalized spacial score (nSPS) is 11.6. The van der Waals surface area contributed by atoms with E-state index in [4.69, 9.17) is 21.1 Å². The molecule has 1 N–H and O–H groups in total. The number of hydrogen-bond donors (Lipinski definition) is 1. The lowest BCUT2D eigenvalue weighted by atomic mass is 9.92. The summed E-state index contributed by atoms with van der Waals surface area (Å²) in [5, 5.41) is 21.4. The quantitative estimate of drug-likeness (QED) is 0.169. The number of aromatic nitrogens is 4. The first kappa shape index (κ1) is 33.4. The van der Waals surface area contributed by atoms with Crippen LogP contribution < -0.4 is 15.0 Å². The van der Waals surface area contributed by atoms with Crippen LogP contribution in [0.15, 0.2) is 59.0 Å². The van der Waals surface area contributed by atoms with E-state index in [0.717, 1.165) is 12.3 Å². The van der Waals surface area contributed by atoms with Gasteiger partial charge in [-0.05, 0) is 50.2 Å². The molecule has 0 atom stereocenters. The van der Waals surface area contributed by atoms with Crippen molar-refractivity contribution in [2.75, 3.05) is 13.7 Å². The van der Waals surface area contributed by atoms with Crippen molar-refractivity contribution in [1.29, 1.82) is 5.26 Å². The molecule has 0 unspecified atom stereocenters. The van der Waals surface area contributed by atoms with E-state index in [2.05, 4.69) is 15.0 Å². The first-order chi connectivity index (χ1) is 23.3. The average molecular weight is 706 g/mol. The Labute approximate surface area is 284 Å². The molecular formula is C34H23ClF3N5O5S. The largest absolute Gasteiger partial charge is 0.495 e. The zero-order valence-corrected chi connectivity index (χ0v) is 27.4. The van der Waals surface area contributed by atoms with Crippen LogP contribution in [0.4, 0.5) is 13.2 Å². The Morgan fingerprint density at radius 2 is 1.90 bits per heavy atom.